The van der Waals surface area contributed by atoms with Crippen LogP contribution in [-0.2, 0) is 17.4 Å². The van der Waals surface area contributed by atoms with Gasteiger partial charge in [-0.15, -0.1) is 0 Å². The van der Waals surface area contributed by atoms with E-state index in [0.717, 1.165) is 18.6 Å². The molecule has 1 heterocycles. The van der Waals surface area contributed by atoms with Gasteiger partial charge in [0.25, 0.3) is 0 Å². The minimum absolute atomic E-state index is 0.0629. The standard InChI is InChI=1S/C18H15ClF3NO3/c19-14-7-11(8-15-17(14)26-6-2-5-25-15)9-16(24)23-13-4-1-3-12(10-13)18(20,21)22/h1,3-4,7-8,10H,2,5-6,9H2,(H,23,24). The molecular formula is C18H15ClF3NO3. The van der Waals surface area contributed by atoms with E-state index >= 15 is 0 Å². The first-order valence-electron chi connectivity index (χ1n) is 7.88. The zero-order chi connectivity index (χ0) is 18.7. The lowest BCUT2D eigenvalue weighted by Crippen LogP contribution is -2.15. The van der Waals surface area contributed by atoms with E-state index < -0.39 is 17.6 Å². The Morgan fingerprint density at radius 2 is 1.92 bits per heavy atom. The van der Waals surface area contributed by atoms with E-state index in [2.05, 4.69) is 5.32 Å². The van der Waals surface area contributed by atoms with Gasteiger partial charge in [0.1, 0.15) is 0 Å². The van der Waals surface area contributed by atoms with Crippen molar-refractivity contribution < 1.29 is 27.4 Å². The first-order chi connectivity index (χ1) is 12.3. The number of alkyl halides is 3. The normalized spacial score (nSPS) is 13.8. The molecule has 0 saturated heterocycles. The van der Waals surface area contributed by atoms with Crippen LogP contribution in [0.5, 0.6) is 11.5 Å². The predicted molar refractivity (Wildman–Crippen MR) is 90.8 cm³/mol. The number of carbonyl (C=O) groups is 1. The first kappa shape index (κ1) is 18.4. The van der Waals surface area contributed by atoms with Crippen molar-refractivity contribution in [1.82, 2.24) is 0 Å². The van der Waals surface area contributed by atoms with E-state index in [-0.39, 0.29) is 12.1 Å². The third kappa shape index (κ3) is 4.40. The quantitative estimate of drug-likeness (QED) is 0.833. The molecule has 0 radical (unpaired) electrons. The second kappa shape index (κ2) is 7.45. The van der Waals surface area contributed by atoms with Crippen LogP contribution in [0.4, 0.5) is 18.9 Å². The molecule has 0 saturated carbocycles. The van der Waals surface area contributed by atoms with Crippen LogP contribution in [0, 0.1) is 0 Å². The molecule has 26 heavy (non-hydrogen) atoms. The van der Waals surface area contributed by atoms with Gasteiger partial charge in [0.05, 0.1) is 30.2 Å². The molecule has 4 nitrogen and oxygen atoms in total. The molecule has 0 unspecified atom stereocenters. The summed E-state index contributed by atoms with van der Waals surface area (Å²) < 4.78 is 49.3. The van der Waals surface area contributed by atoms with Gasteiger partial charge in [-0.25, -0.2) is 0 Å². The van der Waals surface area contributed by atoms with Crippen molar-refractivity contribution in [1.29, 1.82) is 0 Å². The highest BCUT2D eigenvalue weighted by atomic mass is 35.5. The van der Waals surface area contributed by atoms with E-state index in [0.29, 0.717) is 35.3 Å². The molecule has 1 aliphatic rings. The summed E-state index contributed by atoms with van der Waals surface area (Å²) in [6.45, 7) is 0.964. The van der Waals surface area contributed by atoms with E-state index in [9.17, 15) is 18.0 Å². The van der Waals surface area contributed by atoms with E-state index in [1.54, 1.807) is 12.1 Å². The van der Waals surface area contributed by atoms with Gasteiger partial charge < -0.3 is 14.8 Å². The molecule has 2 aromatic carbocycles. The number of carbonyl (C=O) groups excluding carboxylic acids is 1. The fourth-order valence-electron chi connectivity index (χ4n) is 2.55. The second-order valence-electron chi connectivity index (χ2n) is 5.76. The summed E-state index contributed by atoms with van der Waals surface area (Å²) in [4.78, 5) is 12.2. The number of anilines is 1. The smallest absolute Gasteiger partial charge is 0.416 e. The summed E-state index contributed by atoms with van der Waals surface area (Å²) in [5.41, 5.74) is -0.178. The molecule has 0 aromatic heterocycles. The van der Waals surface area contributed by atoms with E-state index in [4.69, 9.17) is 21.1 Å². The van der Waals surface area contributed by atoms with Gasteiger partial charge in [0.15, 0.2) is 11.5 Å². The largest absolute Gasteiger partial charge is 0.489 e. The fourth-order valence-corrected chi connectivity index (χ4v) is 2.84. The van der Waals surface area contributed by atoms with Crippen molar-refractivity contribution >= 4 is 23.2 Å². The van der Waals surface area contributed by atoms with Crippen molar-refractivity contribution in [2.24, 2.45) is 0 Å². The van der Waals surface area contributed by atoms with E-state index in [1.807, 2.05) is 0 Å². The maximum atomic E-state index is 12.7. The molecular weight excluding hydrogens is 371 g/mol. The fraction of sp³-hybridized carbons (Fsp3) is 0.278. The van der Waals surface area contributed by atoms with Gasteiger partial charge in [-0.05, 0) is 35.9 Å². The highest BCUT2D eigenvalue weighted by Crippen LogP contribution is 2.38. The molecule has 0 bridgehead atoms. The number of ether oxygens (including phenoxy) is 2. The van der Waals surface area contributed by atoms with Crippen LogP contribution < -0.4 is 14.8 Å². The zero-order valence-electron chi connectivity index (χ0n) is 13.5. The Balaban J connectivity index is 1.73. The average Bonchev–Trinajstić information content (AvgIpc) is 2.80. The van der Waals surface area contributed by atoms with Crippen molar-refractivity contribution in [3.63, 3.8) is 0 Å². The van der Waals surface area contributed by atoms with Gasteiger partial charge in [0, 0.05) is 12.1 Å². The molecule has 1 aliphatic heterocycles. The Kier molecular flexibility index (Phi) is 5.27. The number of halogens is 4. The van der Waals surface area contributed by atoms with Gasteiger partial charge in [-0.1, -0.05) is 17.7 Å². The lowest BCUT2D eigenvalue weighted by Gasteiger charge is -2.12. The second-order valence-corrected chi connectivity index (χ2v) is 6.17. The molecule has 0 spiro atoms. The van der Waals surface area contributed by atoms with Crippen molar-refractivity contribution in [2.45, 2.75) is 19.0 Å². The lowest BCUT2D eigenvalue weighted by atomic mass is 10.1. The topological polar surface area (TPSA) is 47.6 Å². The maximum Gasteiger partial charge on any atom is 0.416 e. The van der Waals surface area contributed by atoms with Crippen LogP contribution in [-0.4, -0.2) is 19.1 Å². The Bertz CT molecular complexity index is 824. The number of benzene rings is 2. The third-order valence-corrected chi connectivity index (χ3v) is 3.98. The molecule has 1 N–H and O–H groups in total. The molecule has 8 heteroatoms. The Hall–Kier alpha value is -2.41. The summed E-state index contributed by atoms with van der Waals surface area (Å²) in [6, 6.07) is 7.70. The third-order valence-electron chi connectivity index (χ3n) is 3.70. The van der Waals surface area contributed by atoms with Gasteiger partial charge in [-0.2, -0.15) is 13.2 Å². The number of fused-ring (bicyclic) bond motifs is 1. The molecule has 0 atom stereocenters. The molecule has 1 amide bonds. The molecule has 0 fully saturated rings. The molecule has 0 aliphatic carbocycles. The molecule has 3 rings (SSSR count). The Morgan fingerprint density at radius 3 is 2.69 bits per heavy atom. The van der Waals surface area contributed by atoms with Gasteiger partial charge >= 0.3 is 6.18 Å². The lowest BCUT2D eigenvalue weighted by molar-refractivity contribution is -0.137. The first-order valence-corrected chi connectivity index (χ1v) is 8.26. The Morgan fingerprint density at radius 1 is 1.15 bits per heavy atom. The van der Waals surface area contributed by atoms with Crippen molar-refractivity contribution in [2.75, 3.05) is 18.5 Å². The predicted octanol–water partition coefficient (Wildman–Crippen LogP) is 4.70. The summed E-state index contributed by atoms with van der Waals surface area (Å²) in [6.07, 6.45) is -3.81. The number of amides is 1. The van der Waals surface area contributed by atoms with Crippen LogP contribution in [0.1, 0.15) is 17.5 Å². The highest BCUT2D eigenvalue weighted by molar-refractivity contribution is 6.32. The zero-order valence-corrected chi connectivity index (χ0v) is 14.3. The van der Waals surface area contributed by atoms with E-state index in [1.165, 1.54) is 12.1 Å². The Labute approximate surface area is 152 Å². The number of nitrogens with one attached hydrogen (secondary N) is 1. The molecule has 138 valence electrons. The summed E-state index contributed by atoms with van der Waals surface area (Å²) >= 11 is 6.17. The summed E-state index contributed by atoms with van der Waals surface area (Å²) in [5, 5.41) is 2.79. The van der Waals surface area contributed by atoms with Crippen LogP contribution in [0.15, 0.2) is 36.4 Å². The van der Waals surface area contributed by atoms with Crippen LogP contribution in [0.25, 0.3) is 0 Å². The van der Waals surface area contributed by atoms with Gasteiger partial charge in [-0.3, -0.25) is 4.79 Å². The monoisotopic (exact) mass is 385 g/mol. The summed E-state index contributed by atoms with van der Waals surface area (Å²) in [7, 11) is 0. The van der Waals surface area contributed by atoms with Crippen LogP contribution in [0.2, 0.25) is 5.02 Å². The van der Waals surface area contributed by atoms with Gasteiger partial charge in [0.2, 0.25) is 5.91 Å². The highest BCUT2D eigenvalue weighted by Gasteiger charge is 2.30. The minimum Gasteiger partial charge on any atom is -0.489 e. The minimum atomic E-state index is -4.47. The van der Waals surface area contributed by atoms with Crippen LogP contribution >= 0.6 is 11.6 Å². The number of rotatable bonds is 3. The van der Waals surface area contributed by atoms with Crippen molar-refractivity contribution in [3.05, 3.63) is 52.5 Å². The SMILES string of the molecule is O=C(Cc1cc(Cl)c2c(c1)OCCCO2)Nc1cccc(C(F)(F)F)c1. The van der Waals surface area contributed by atoms with Crippen LogP contribution in [0.3, 0.4) is 0 Å². The average molecular weight is 386 g/mol. The van der Waals surface area contributed by atoms with Crippen molar-refractivity contribution in [3.8, 4) is 11.5 Å². The summed E-state index contributed by atoms with van der Waals surface area (Å²) in [5.74, 6) is 0.429. The maximum absolute atomic E-state index is 12.7. The number of hydrogen-bond acceptors (Lipinski definition) is 3. The number of hydrogen-bond donors (Lipinski definition) is 1. The molecule has 2 aromatic rings.